The lowest BCUT2D eigenvalue weighted by atomic mass is 9.84. The zero-order chi connectivity index (χ0) is 26.4. The van der Waals surface area contributed by atoms with Crippen LogP contribution < -0.4 is 0 Å². The highest BCUT2D eigenvalue weighted by molar-refractivity contribution is 9.10. The molecule has 0 aromatic heterocycles. The number of rotatable bonds is 4. The summed E-state index contributed by atoms with van der Waals surface area (Å²) in [5.74, 6) is -5.01. The summed E-state index contributed by atoms with van der Waals surface area (Å²) in [6.45, 7) is -0.127. The van der Waals surface area contributed by atoms with Crippen LogP contribution in [0.5, 0.6) is 0 Å². The summed E-state index contributed by atoms with van der Waals surface area (Å²) in [6.07, 6.45) is 0. The van der Waals surface area contributed by atoms with E-state index in [1.54, 1.807) is 24.3 Å². The molecule has 2 bridgehead atoms. The lowest BCUT2D eigenvalue weighted by Gasteiger charge is -2.37. The molecule has 13 heteroatoms. The van der Waals surface area contributed by atoms with Crippen molar-refractivity contribution in [2.24, 2.45) is 11.8 Å². The van der Waals surface area contributed by atoms with E-state index in [1.165, 1.54) is 24.3 Å². The number of halogens is 8. The van der Waals surface area contributed by atoms with E-state index in [-0.39, 0.29) is 22.2 Å². The summed E-state index contributed by atoms with van der Waals surface area (Å²) >= 11 is 48.8. The van der Waals surface area contributed by atoms with Gasteiger partial charge in [0, 0.05) is 15.1 Å². The van der Waals surface area contributed by atoms with Gasteiger partial charge in [0.2, 0.25) is 0 Å². The monoisotopic (exact) mass is 688 g/mol. The summed E-state index contributed by atoms with van der Waals surface area (Å²) in [7, 11) is 0. The Morgan fingerprint density at radius 3 is 1.78 bits per heavy atom. The largest absolute Gasteiger partial charge is 0.273 e. The Hall–Kier alpha value is -0.700. The number of amides is 3. The van der Waals surface area contributed by atoms with Gasteiger partial charge in [0.05, 0.1) is 28.4 Å². The number of carbonyl (C=O) groups excluding carboxylic acids is 3. The predicted octanol–water partition coefficient (Wildman–Crippen LogP) is 7.11. The maximum absolute atomic E-state index is 13.8. The van der Waals surface area contributed by atoms with Gasteiger partial charge in [-0.3, -0.25) is 14.4 Å². The lowest BCUT2D eigenvalue weighted by molar-refractivity contribution is -0.156. The van der Waals surface area contributed by atoms with Gasteiger partial charge in [-0.2, -0.15) is 5.01 Å². The van der Waals surface area contributed by atoms with Crippen LogP contribution in [0.3, 0.4) is 0 Å². The van der Waals surface area contributed by atoms with Gasteiger partial charge in [-0.15, -0.1) is 23.2 Å². The summed E-state index contributed by atoms with van der Waals surface area (Å²) in [4.78, 5) is 37.4. The molecule has 1 heterocycles. The van der Waals surface area contributed by atoms with Crippen molar-refractivity contribution in [3.63, 3.8) is 0 Å². The zero-order valence-corrected chi connectivity index (χ0v) is 24.5. The van der Waals surface area contributed by atoms with Gasteiger partial charge >= 0.3 is 0 Å². The average Bonchev–Trinajstić information content (AvgIpc) is 3.22. The Labute approximate surface area is 249 Å². The van der Waals surface area contributed by atoms with Gasteiger partial charge in [-0.05, 0) is 42.0 Å². The maximum Gasteiger partial charge on any atom is 0.273 e. The van der Waals surface area contributed by atoms with Crippen molar-refractivity contribution in [1.82, 2.24) is 10.0 Å². The summed E-state index contributed by atoms with van der Waals surface area (Å²) in [5.41, 5.74) is 0.831. The number of hydrazine groups is 1. The molecule has 1 saturated heterocycles. The fourth-order valence-electron chi connectivity index (χ4n) is 4.96. The molecule has 0 spiro atoms. The normalized spacial score (nSPS) is 30.3. The molecule has 5 nitrogen and oxygen atoms in total. The van der Waals surface area contributed by atoms with E-state index in [0.717, 1.165) is 14.5 Å². The number of alkyl halides is 4. The number of allylic oxidation sites excluding steroid dienone is 2. The van der Waals surface area contributed by atoms with Crippen molar-refractivity contribution in [2.45, 2.75) is 20.6 Å². The molecule has 0 N–H and O–H groups in total. The molecule has 188 valence electrons. The first kappa shape index (κ1) is 26.9. The van der Waals surface area contributed by atoms with Gasteiger partial charge in [-0.25, -0.2) is 5.01 Å². The third kappa shape index (κ3) is 3.39. The minimum Gasteiger partial charge on any atom is -0.272 e. The molecule has 1 saturated carbocycles. The van der Waals surface area contributed by atoms with Crippen molar-refractivity contribution >= 4 is 115 Å². The van der Waals surface area contributed by atoms with E-state index in [1.807, 2.05) is 0 Å². The van der Waals surface area contributed by atoms with Crippen LogP contribution in [-0.4, -0.2) is 41.8 Å². The molecule has 3 amide bonds. The molecule has 4 atom stereocenters. The van der Waals surface area contributed by atoms with Crippen LogP contribution in [-0.2, 0) is 16.1 Å². The molecule has 1 aliphatic heterocycles. The topological polar surface area (TPSA) is 57.7 Å². The van der Waals surface area contributed by atoms with Crippen molar-refractivity contribution in [2.75, 3.05) is 0 Å². The summed E-state index contributed by atoms with van der Waals surface area (Å²) in [6, 6.07) is 13.0. The Morgan fingerprint density at radius 2 is 1.31 bits per heavy atom. The standard InChI is InChI=1S/C23H12BrCl7N2O3/c24-12-5-1-10(2-6-12)9-32(18(34)11-3-7-13(25)8-4-11)33-19(35)14-15(20(33)36)22(29)17(27)16(26)21(14,28)23(22,30)31/h1-8,14-15H,9H2/t14-,15-,21-,22-/m1/s1. The first-order valence-corrected chi connectivity index (χ1v) is 13.7. The first-order chi connectivity index (χ1) is 16.8. The maximum atomic E-state index is 13.8. The highest BCUT2D eigenvalue weighted by Crippen LogP contribution is 2.77. The van der Waals surface area contributed by atoms with Crippen LogP contribution in [0.25, 0.3) is 0 Å². The van der Waals surface area contributed by atoms with E-state index < -0.39 is 43.6 Å². The molecule has 0 radical (unpaired) electrons. The van der Waals surface area contributed by atoms with Gasteiger partial charge in [0.1, 0.15) is 9.75 Å². The molecule has 2 aliphatic carbocycles. The fourth-order valence-corrected chi connectivity index (χ4v) is 8.28. The van der Waals surface area contributed by atoms with Gasteiger partial charge < -0.3 is 0 Å². The molecule has 2 fully saturated rings. The van der Waals surface area contributed by atoms with Crippen molar-refractivity contribution in [3.8, 4) is 0 Å². The number of hydrogen-bond donors (Lipinski definition) is 0. The molecular weight excluding hydrogens is 680 g/mol. The van der Waals surface area contributed by atoms with E-state index in [2.05, 4.69) is 15.9 Å². The third-order valence-corrected chi connectivity index (χ3v) is 11.7. The molecule has 5 rings (SSSR count). The van der Waals surface area contributed by atoms with E-state index in [9.17, 15) is 14.4 Å². The highest BCUT2D eigenvalue weighted by Gasteiger charge is 2.88. The highest BCUT2D eigenvalue weighted by atomic mass is 79.9. The third-order valence-electron chi connectivity index (χ3n) is 6.70. The molecule has 36 heavy (non-hydrogen) atoms. The zero-order valence-electron chi connectivity index (χ0n) is 17.6. The Kier molecular flexibility index (Phi) is 6.66. The van der Waals surface area contributed by atoms with Gasteiger partial charge in [-0.1, -0.05) is 86.1 Å². The molecule has 2 aromatic rings. The Balaban J connectivity index is 1.61. The average molecular weight is 692 g/mol. The Bertz CT molecular complexity index is 1300. The molecule has 3 aliphatic rings. The number of nitrogens with zero attached hydrogens (tertiary/aromatic N) is 2. The fraction of sp³-hybridized carbons (Fsp3) is 0.261. The van der Waals surface area contributed by atoms with Crippen molar-refractivity contribution in [3.05, 3.63) is 79.2 Å². The van der Waals surface area contributed by atoms with Crippen LogP contribution in [0.1, 0.15) is 15.9 Å². The Morgan fingerprint density at radius 1 is 0.833 bits per heavy atom. The van der Waals surface area contributed by atoms with Crippen LogP contribution in [0, 0.1) is 11.8 Å². The second kappa shape index (κ2) is 8.92. The summed E-state index contributed by atoms with van der Waals surface area (Å²) in [5, 5.41) is 1.76. The predicted molar refractivity (Wildman–Crippen MR) is 145 cm³/mol. The smallest absolute Gasteiger partial charge is 0.272 e. The van der Waals surface area contributed by atoms with E-state index in [4.69, 9.17) is 81.2 Å². The van der Waals surface area contributed by atoms with Crippen LogP contribution in [0.15, 0.2) is 63.1 Å². The van der Waals surface area contributed by atoms with Gasteiger partial charge in [0.15, 0.2) is 4.33 Å². The first-order valence-electron chi connectivity index (χ1n) is 10.3. The van der Waals surface area contributed by atoms with Gasteiger partial charge in [0.25, 0.3) is 17.7 Å². The van der Waals surface area contributed by atoms with E-state index in [0.29, 0.717) is 10.6 Å². The molecule has 0 unspecified atom stereocenters. The SMILES string of the molecule is O=C(c1ccc(Cl)cc1)N(Cc1ccc(Br)cc1)N1C(=O)[C@H]2[C@H](C1=O)[C@@]1(Cl)C(Cl)=C(Cl)[C@@]2(Cl)C1(Cl)Cl. The lowest BCUT2D eigenvalue weighted by Crippen LogP contribution is -2.55. The summed E-state index contributed by atoms with van der Waals surface area (Å²) < 4.78 is -1.26. The van der Waals surface area contributed by atoms with E-state index >= 15 is 0 Å². The second-order valence-electron chi connectivity index (χ2n) is 8.57. The number of carbonyl (C=O) groups is 3. The van der Waals surface area contributed by atoms with Crippen LogP contribution >= 0.6 is 97.1 Å². The van der Waals surface area contributed by atoms with Crippen LogP contribution in [0.4, 0.5) is 0 Å². The number of benzene rings is 2. The second-order valence-corrected chi connectivity index (χ2v) is 13.2. The molecule has 2 aromatic carbocycles. The quantitative estimate of drug-likeness (QED) is 0.254. The number of fused-ring (bicyclic) bond motifs is 5. The van der Waals surface area contributed by atoms with Crippen LogP contribution in [0.2, 0.25) is 5.02 Å². The number of imide groups is 1. The van der Waals surface area contributed by atoms with Crippen molar-refractivity contribution < 1.29 is 14.4 Å². The minimum absolute atomic E-state index is 0.127. The minimum atomic E-state index is -2.07. The molecular formula is C23H12BrCl7N2O3. The van der Waals surface area contributed by atoms with Crippen molar-refractivity contribution in [1.29, 1.82) is 0 Å². The number of hydrogen-bond acceptors (Lipinski definition) is 3.